The zero-order chi connectivity index (χ0) is 21.1. The van der Waals surface area contributed by atoms with E-state index in [-0.39, 0.29) is 21.3 Å². The molecule has 0 aliphatic heterocycles. The van der Waals surface area contributed by atoms with Crippen molar-refractivity contribution in [2.45, 2.75) is 0 Å². The molecule has 7 nitrogen and oxygen atoms in total. The third-order valence-electron chi connectivity index (χ3n) is 3.60. The summed E-state index contributed by atoms with van der Waals surface area (Å²) in [6, 6.07) is 9.74. The predicted octanol–water partition coefficient (Wildman–Crippen LogP) is 4.81. The van der Waals surface area contributed by atoms with Gasteiger partial charge in [0, 0.05) is 10.0 Å². The van der Waals surface area contributed by atoms with Gasteiger partial charge in [0.2, 0.25) is 0 Å². The molecule has 2 N–H and O–H groups in total. The molecule has 29 heavy (non-hydrogen) atoms. The smallest absolute Gasteiger partial charge is 0.305 e. The Balaban J connectivity index is 1.81. The highest BCUT2D eigenvalue weighted by Gasteiger charge is 2.17. The normalized spacial score (nSPS) is 10.5. The van der Waals surface area contributed by atoms with Crippen LogP contribution in [-0.4, -0.2) is 21.7 Å². The molecular formula is C18H10Cl4N4O3. The summed E-state index contributed by atoms with van der Waals surface area (Å²) < 4.78 is 0.970. The van der Waals surface area contributed by atoms with E-state index in [0.717, 1.165) is 10.9 Å². The van der Waals surface area contributed by atoms with Crippen LogP contribution in [0, 0.1) is 0 Å². The maximum Gasteiger partial charge on any atom is 0.326 e. The van der Waals surface area contributed by atoms with Crippen LogP contribution in [0.25, 0.3) is 5.69 Å². The SMILES string of the molecule is O=C(NC(=O)c1ccccc1Cl)Nc1cnn(-c2cc(Cl)cc(Cl)c2)c(=O)c1Cl. The van der Waals surface area contributed by atoms with Crippen LogP contribution in [0.5, 0.6) is 0 Å². The standard InChI is InChI=1S/C18H10Cl4N4O3/c19-9-5-10(20)7-11(6-9)26-17(28)15(22)14(8-23-26)24-18(29)25-16(27)12-3-1-2-4-13(12)21/h1-8H,(H2,24,25,27,29). The van der Waals surface area contributed by atoms with Crippen LogP contribution in [0.15, 0.2) is 53.5 Å². The number of anilines is 1. The lowest BCUT2D eigenvalue weighted by atomic mass is 10.2. The predicted molar refractivity (Wildman–Crippen MR) is 113 cm³/mol. The molecule has 0 spiro atoms. The van der Waals surface area contributed by atoms with Crippen LogP contribution in [0.4, 0.5) is 10.5 Å². The van der Waals surface area contributed by atoms with Crippen LogP contribution in [0.1, 0.15) is 10.4 Å². The number of nitrogens with one attached hydrogen (secondary N) is 2. The summed E-state index contributed by atoms with van der Waals surface area (Å²) in [7, 11) is 0. The summed E-state index contributed by atoms with van der Waals surface area (Å²) in [6.45, 7) is 0. The third-order valence-corrected chi connectivity index (χ3v) is 4.74. The van der Waals surface area contributed by atoms with Gasteiger partial charge >= 0.3 is 6.03 Å². The second kappa shape index (κ2) is 8.84. The Bertz CT molecular complexity index is 1160. The summed E-state index contributed by atoms with van der Waals surface area (Å²) in [4.78, 5) is 36.7. The number of hydrogen-bond donors (Lipinski definition) is 2. The molecule has 3 amide bonds. The van der Waals surface area contributed by atoms with Gasteiger partial charge in [-0.25, -0.2) is 4.79 Å². The molecule has 148 valence electrons. The highest BCUT2D eigenvalue weighted by molar-refractivity contribution is 6.35. The van der Waals surface area contributed by atoms with Crippen LogP contribution < -0.4 is 16.2 Å². The Morgan fingerprint density at radius 3 is 2.28 bits per heavy atom. The fraction of sp³-hybridized carbons (Fsp3) is 0. The summed E-state index contributed by atoms with van der Waals surface area (Å²) in [5, 5.41) is 8.80. The van der Waals surface area contributed by atoms with E-state index in [9.17, 15) is 14.4 Å². The first-order valence-electron chi connectivity index (χ1n) is 7.87. The Labute approximate surface area is 184 Å². The van der Waals surface area contributed by atoms with Crippen LogP contribution >= 0.6 is 46.4 Å². The van der Waals surface area contributed by atoms with Crippen molar-refractivity contribution in [2.75, 3.05) is 5.32 Å². The molecule has 0 radical (unpaired) electrons. The van der Waals surface area contributed by atoms with E-state index in [4.69, 9.17) is 46.4 Å². The fourth-order valence-corrected chi connectivity index (χ4v) is 3.25. The van der Waals surface area contributed by atoms with Crippen molar-refractivity contribution < 1.29 is 9.59 Å². The number of carbonyl (C=O) groups is 2. The Kier molecular flexibility index (Phi) is 6.44. The van der Waals surface area contributed by atoms with Gasteiger partial charge in [0.15, 0.2) is 0 Å². The molecule has 11 heteroatoms. The average molecular weight is 472 g/mol. The van der Waals surface area contributed by atoms with Gasteiger partial charge in [-0.1, -0.05) is 58.5 Å². The number of aromatic nitrogens is 2. The molecule has 1 heterocycles. The summed E-state index contributed by atoms with van der Waals surface area (Å²) in [5.74, 6) is -0.723. The molecule has 0 aliphatic rings. The van der Waals surface area contributed by atoms with Crippen molar-refractivity contribution in [3.63, 3.8) is 0 Å². The lowest BCUT2D eigenvalue weighted by Crippen LogP contribution is -2.35. The second-order valence-corrected chi connectivity index (χ2v) is 7.26. The van der Waals surface area contributed by atoms with E-state index in [2.05, 4.69) is 15.7 Å². The van der Waals surface area contributed by atoms with Crippen molar-refractivity contribution in [2.24, 2.45) is 0 Å². The molecule has 0 aliphatic carbocycles. The molecule has 0 bridgehead atoms. The first-order chi connectivity index (χ1) is 13.8. The van der Waals surface area contributed by atoms with E-state index in [1.807, 2.05) is 0 Å². The van der Waals surface area contributed by atoms with Gasteiger partial charge < -0.3 is 5.32 Å². The zero-order valence-electron chi connectivity index (χ0n) is 14.2. The number of hydrogen-bond acceptors (Lipinski definition) is 4. The summed E-state index contributed by atoms with van der Waals surface area (Å²) in [5.41, 5.74) is -0.410. The molecular weight excluding hydrogens is 462 g/mol. The van der Waals surface area contributed by atoms with E-state index in [0.29, 0.717) is 15.7 Å². The Hall–Kier alpha value is -2.58. The van der Waals surface area contributed by atoms with Gasteiger partial charge in [-0.05, 0) is 30.3 Å². The maximum atomic E-state index is 12.5. The van der Waals surface area contributed by atoms with E-state index in [1.54, 1.807) is 12.1 Å². The Morgan fingerprint density at radius 2 is 1.62 bits per heavy atom. The number of amides is 3. The number of urea groups is 1. The average Bonchev–Trinajstić information content (AvgIpc) is 2.65. The van der Waals surface area contributed by atoms with Gasteiger partial charge in [0.05, 0.1) is 28.2 Å². The topological polar surface area (TPSA) is 93.1 Å². The van der Waals surface area contributed by atoms with Crippen molar-refractivity contribution in [3.05, 3.63) is 84.7 Å². The number of benzene rings is 2. The third kappa shape index (κ3) is 4.89. The van der Waals surface area contributed by atoms with Crippen molar-refractivity contribution in [1.29, 1.82) is 0 Å². The Morgan fingerprint density at radius 1 is 0.966 bits per heavy atom. The molecule has 0 atom stereocenters. The van der Waals surface area contributed by atoms with Crippen molar-refractivity contribution >= 4 is 64.0 Å². The maximum absolute atomic E-state index is 12.5. The minimum absolute atomic E-state index is 0.0921. The molecule has 0 saturated heterocycles. The highest BCUT2D eigenvalue weighted by Crippen LogP contribution is 2.22. The van der Waals surface area contributed by atoms with Gasteiger partial charge in [-0.2, -0.15) is 9.78 Å². The lowest BCUT2D eigenvalue weighted by molar-refractivity contribution is 0.0967. The number of carbonyl (C=O) groups excluding carboxylic acids is 2. The molecule has 1 aromatic heterocycles. The molecule has 3 rings (SSSR count). The first kappa shape index (κ1) is 21.1. The minimum Gasteiger partial charge on any atom is -0.305 e. The largest absolute Gasteiger partial charge is 0.326 e. The second-order valence-electron chi connectivity index (χ2n) is 5.60. The summed E-state index contributed by atoms with van der Waals surface area (Å²) >= 11 is 23.9. The number of imide groups is 1. The first-order valence-corrected chi connectivity index (χ1v) is 9.38. The number of rotatable bonds is 3. The lowest BCUT2D eigenvalue weighted by Gasteiger charge is -2.11. The zero-order valence-corrected chi connectivity index (χ0v) is 17.3. The van der Waals surface area contributed by atoms with Crippen LogP contribution in [0.3, 0.4) is 0 Å². The molecule has 0 unspecified atom stereocenters. The monoisotopic (exact) mass is 470 g/mol. The van der Waals surface area contributed by atoms with Crippen LogP contribution in [-0.2, 0) is 0 Å². The highest BCUT2D eigenvalue weighted by atomic mass is 35.5. The van der Waals surface area contributed by atoms with Crippen molar-refractivity contribution in [1.82, 2.24) is 15.1 Å². The number of nitrogens with zero attached hydrogens (tertiary/aromatic N) is 2. The molecule has 2 aromatic carbocycles. The van der Waals surface area contributed by atoms with Gasteiger partial charge in [0.25, 0.3) is 11.5 Å². The van der Waals surface area contributed by atoms with Crippen LogP contribution in [0.2, 0.25) is 20.1 Å². The van der Waals surface area contributed by atoms with E-state index in [1.165, 1.54) is 30.3 Å². The fourth-order valence-electron chi connectivity index (χ4n) is 2.33. The molecule has 3 aromatic rings. The minimum atomic E-state index is -0.915. The van der Waals surface area contributed by atoms with Crippen molar-refractivity contribution in [3.8, 4) is 5.69 Å². The summed E-state index contributed by atoms with van der Waals surface area (Å²) in [6.07, 6.45) is 1.15. The quantitative estimate of drug-likeness (QED) is 0.573. The number of halogens is 4. The molecule has 0 saturated carbocycles. The van der Waals surface area contributed by atoms with Gasteiger partial charge in [-0.3, -0.25) is 14.9 Å². The van der Waals surface area contributed by atoms with Gasteiger partial charge in [-0.15, -0.1) is 0 Å². The molecule has 0 fully saturated rings. The van der Waals surface area contributed by atoms with E-state index < -0.39 is 17.5 Å². The van der Waals surface area contributed by atoms with E-state index >= 15 is 0 Å². The van der Waals surface area contributed by atoms with Gasteiger partial charge in [0.1, 0.15) is 5.02 Å².